The lowest BCUT2D eigenvalue weighted by Gasteiger charge is -2.32. The Morgan fingerprint density at radius 3 is 2.42 bits per heavy atom. The highest BCUT2D eigenvalue weighted by Crippen LogP contribution is 2.18. The summed E-state index contributed by atoms with van der Waals surface area (Å²) in [5, 5.41) is 0. The topological polar surface area (TPSA) is 79.6 Å². The number of rotatable bonds is 4. The van der Waals surface area contributed by atoms with Crippen LogP contribution in [0.1, 0.15) is 23.2 Å². The van der Waals surface area contributed by atoms with Gasteiger partial charge in [-0.25, -0.2) is 13.1 Å². The molecule has 1 aliphatic heterocycles. The summed E-state index contributed by atoms with van der Waals surface area (Å²) >= 11 is 3.29. The van der Waals surface area contributed by atoms with E-state index >= 15 is 0 Å². The van der Waals surface area contributed by atoms with E-state index in [2.05, 4.69) is 20.7 Å². The zero-order valence-corrected chi connectivity index (χ0v) is 15.2. The predicted octanol–water partition coefficient (Wildman–Crippen LogP) is 2.63. The van der Waals surface area contributed by atoms with Crippen LogP contribution in [0.5, 0.6) is 0 Å². The molecule has 0 radical (unpaired) electrons. The average Bonchev–Trinajstić information content (AvgIpc) is 3.09. The van der Waals surface area contributed by atoms with Gasteiger partial charge in [0.15, 0.2) is 0 Å². The summed E-state index contributed by atoms with van der Waals surface area (Å²) in [5.74, 6) is -0.0852. The highest BCUT2D eigenvalue weighted by Gasteiger charge is 2.27. The minimum Gasteiger partial charge on any atom is -0.472 e. The van der Waals surface area contributed by atoms with Gasteiger partial charge < -0.3 is 9.32 Å². The summed E-state index contributed by atoms with van der Waals surface area (Å²) in [6.45, 7) is 1.02. The van der Waals surface area contributed by atoms with E-state index in [4.69, 9.17) is 4.42 Å². The molecule has 0 aliphatic carbocycles. The Hall–Kier alpha value is -1.64. The van der Waals surface area contributed by atoms with Gasteiger partial charge in [-0.3, -0.25) is 4.79 Å². The molecule has 1 amide bonds. The van der Waals surface area contributed by atoms with Gasteiger partial charge in [-0.15, -0.1) is 0 Å². The van der Waals surface area contributed by atoms with Crippen LogP contribution < -0.4 is 4.72 Å². The molecule has 2 heterocycles. The molecule has 128 valence electrons. The number of piperidine rings is 1. The van der Waals surface area contributed by atoms with Gasteiger partial charge in [0.2, 0.25) is 10.0 Å². The SMILES string of the molecule is O=C(c1ccoc1)N1CCC(NS(=O)(=O)c2ccc(Br)cc2)CC1. The van der Waals surface area contributed by atoms with Crippen LogP contribution in [0, 0.1) is 0 Å². The van der Waals surface area contributed by atoms with Gasteiger partial charge in [0.25, 0.3) is 5.91 Å². The molecule has 6 nitrogen and oxygen atoms in total. The standard InChI is InChI=1S/C16H17BrN2O4S/c17-13-1-3-15(4-2-13)24(21,22)18-14-5-8-19(9-6-14)16(20)12-7-10-23-11-12/h1-4,7,10-11,14,18H,5-6,8-9H2. The predicted molar refractivity (Wildman–Crippen MR) is 92.1 cm³/mol. The van der Waals surface area contributed by atoms with Crippen LogP contribution in [0.2, 0.25) is 0 Å². The minimum absolute atomic E-state index is 0.0852. The Kier molecular flexibility index (Phi) is 5.07. The highest BCUT2D eigenvalue weighted by molar-refractivity contribution is 9.10. The number of hydrogen-bond donors (Lipinski definition) is 1. The average molecular weight is 413 g/mol. The summed E-state index contributed by atoms with van der Waals surface area (Å²) < 4.78 is 33.3. The number of sulfonamides is 1. The van der Waals surface area contributed by atoms with E-state index in [1.807, 2.05) is 0 Å². The fourth-order valence-corrected chi connectivity index (χ4v) is 4.24. The molecule has 8 heteroatoms. The number of halogens is 1. The van der Waals surface area contributed by atoms with E-state index in [1.165, 1.54) is 12.5 Å². The number of nitrogens with one attached hydrogen (secondary N) is 1. The summed E-state index contributed by atoms with van der Waals surface area (Å²) in [7, 11) is -3.55. The van der Waals surface area contributed by atoms with E-state index in [0.29, 0.717) is 31.5 Å². The van der Waals surface area contributed by atoms with Gasteiger partial charge in [-0.2, -0.15) is 0 Å². The molecule has 1 aliphatic rings. The van der Waals surface area contributed by atoms with Crippen LogP contribution in [0.4, 0.5) is 0 Å². The van der Waals surface area contributed by atoms with Crippen molar-refractivity contribution in [2.75, 3.05) is 13.1 Å². The van der Waals surface area contributed by atoms with Gasteiger partial charge in [0, 0.05) is 23.6 Å². The fourth-order valence-electron chi connectivity index (χ4n) is 2.67. The molecule has 0 atom stereocenters. The molecule has 24 heavy (non-hydrogen) atoms. The third-order valence-electron chi connectivity index (χ3n) is 4.00. The lowest BCUT2D eigenvalue weighted by atomic mass is 10.1. The Morgan fingerprint density at radius 1 is 1.17 bits per heavy atom. The van der Waals surface area contributed by atoms with Crippen molar-refractivity contribution in [3.8, 4) is 0 Å². The number of furan rings is 1. The fraction of sp³-hybridized carbons (Fsp3) is 0.312. The second kappa shape index (κ2) is 7.08. The number of hydrogen-bond acceptors (Lipinski definition) is 4. The van der Waals surface area contributed by atoms with Crippen molar-refractivity contribution in [3.05, 3.63) is 52.9 Å². The first-order valence-corrected chi connectivity index (χ1v) is 9.83. The van der Waals surface area contributed by atoms with Crippen molar-refractivity contribution in [1.82, 2.24) is 9.62 Å². The van der Waals surface area contributed by atoms with E-state index < -0.39 is 10.0 Å². The van der Waals surface area contributed by atoms with E-state index in [-0.39, 0.29) is 16.8 Å². The first kappa shape index (κ1) is 17.2. The molecular weight excluding hydrogens is 396 g/mol. The smallest absolute Gasteiger partial charge is 0.257 e. The van der Waals surface area contributed by atoms with Crippen LogP contribution in [-0.2, 0) is 10.0 Å². The number of amides is 1. The Balaban J connectivity index is 1.59. The van der Waals surface area contributed by atoms with Crippen molar-refractivity contribution in [3.63, 3.8) is 0 Å². The summed E-state index contributed by atoms with van der Waals surface area (Å²) in [6, 6.07) is 7.96. The second-order valence-electron chi connectivity index (χ2n) is 5.65. The third kappa shape index (κ3) is 3.88. The van der Waals surface area contributed by atoms with E-state index in [1.54, 1.807) is 35.2 Å². The van der Waals surface area contributed by atoms with E-state index in [9.17, 15) is 13.2 Å². The van der Waals surface area contributed by atoms with E-state index in [0.717, 1.165) is 4.47 Å². The minimum atomic E-state index is -3.55. The molecule has 0 saturated carbocycles. The van der Waals surface area contributed by atoms with Gasteiger partial charge in [0.1, 0.15) is 6.26 Å². The summed E-state index contributed by atoms with van der Waals surface area (Å²) in [4.78, 5) is 14.2. The molecule has 1 aromatic heterocycles. The molecular formula is C16H17BrN2O4S. The molecule has 1 fully saturated rings. The van der Waals surface area contributed by atoms with Gasteiger partial charge in [0.05, 0.1) is 16.7 Å². The summed E-state index contributed by atoms with van der Waals surface area (Å²) in [5.41, 5.74) is 0.517. The number of carbonyl (C=O) groups excluding carboxylic acids is 1. The maximum atomic E-state index is 12.4. The quantitative estimate of drug-likeness (QED) is 0.836. The zero-order valence-electron chi connectivity index (χ0n) is 12.8. The first-order chi connectivity index (χ1) is 11.5. The number of benzene rings is 1. The Labute approximate surface area is 149 Å². The van der Waals surface area contributed by atoms with Crippen LogP contribution in [-0.4, -0.2) is 38.4 Å². The normalized spacial score (nSPS) is 16.3. The highest BCUT2D eigenvalue weighted by atomic mass is 79.9. The molecule has 1 N–H and O–H groups in total. The van der Waals surface area contributed by atoms with Crippen LogP contribution in [0.15, 0.2) is 56.6 Å². The largest absolute Gasteiger partial charge is 0.472 e. The van der Waals surface area contributed by atoms with Crippen molar-refractivity contribution >= 4 is 31.9 Å². The number of nitrogens with zero attached hydrogens (tertiary/aromatic N) is 1. The molecule has 0 spiro atoms. The van der Waals surface area contributed by atoms with Crippen molar-refractivity contribution in [1.29, 1.82) is 0 Å². The molecule has 0 unspecified atom stereocenters. The Bertz CT molecular complexity index is 795. The number of likely N-dealkylation sites (tertiary alicyclic amines) is 1. The number of carbonyl (C=O) groups is 1. The van der Waals surface area contributed by atoms with Gasteiger partial charge >= 0.3 is 0 Å². The molecule has 1 aromatic carbocycles. The first-order valence-electron chi connectivity index (χ1n) is 7.55. The second-order valence-corrected chi connectivity index (χ2v) is 8.28. The maximum Gasteiger partial charge on any atom is 0.257 e. The zero-order chi connectivity index (χ0) is 17.2. The van der Waals surface area contributed by atoms with Crippen molar-refractivity contribution in [2.24, 2.45) is 0 Å². The monoisotopic (exact) mass is 412 g/mol. The molecule has 3 rings (SSSR count). The van der Waals surface area contributed by atoms with Gasteiger partial charge in [-0.05, 0) is 43.2 Å². The van der Waals surface area contributed by atoms with Crippen LogP contribution in [0.25, 0.3) is 0 Å². The molecule has 1 saturated heterocycles. The molecule has 0 bridgehead atoms. The van der Waals surface area contributed by atoms with Crippen LogP contribution in [0.3, 0.4) is 0 Å². The maximum absolute atomic E-state index is 12.4. The van der Waals surface area contributed by atoms with Crippen molar-refractivity contribution < 1.29 is 17.6 Å². The summed E-state index contributed by atoms with van der Waals surface area (Å²) in [6.07, 6.45) is 4.05. The van der Waals surface area contributed by atoms with Crippen LogP contribution >= 0.6 is 15.9 Å². The van der Waals surface area contributed by atoms with Crippen molar-refractivity contribution in [2.45, 2.75) is 23.8 Å². The lowest BCUT2D eigenvalue weighted by molar-refractivity contribution is 0.0710. The Morgan fingerprint density at radius 2 is 1.83 bits per heavy atom. The van der Waals surface area contributed by atoms with Gasteiger partial charge in [-0.1, -0.05) is 15.9 Å². The lowest BCUT2D eigenvalue weighted by Crippen LogP contribution is -2.46. The third-order valence-corrected chi connectivity index (χ3v) is 6.06. The molecule has 2 aromatic rings.